The van der Waals surface area contributed by atoms with E-state index >= 15 is 0 Å². The maximum Gasteiger partial charge on any atom is 0.416 e. The van der Waals surface area contributed by atoms with Gasteiger partial charge in [-0.3, -0.25) is 0 Å². The van der Waals surface area contributed by atoms with Gasteiger partial charge in [-0.15, -0.1) is 0 Å². The highest BCUT2D eigenvalue weighted by Gasteiger charge is 2.30. The topological polar surface area (TPSA) is 72.2 Å². The Hall–Kier alpha value is -4.53. The Morgan fingerprint density at radius 1 is 0.846 bits per heavy atom. The number of pyridine rings is 1. The predicted octanol–water partition coefficient (Wildman–Crippen LogP) is 8.69. The van der Waals surface area contributed by atoms with Gasteiger partial charge in [0.2, 0.25) is 5.88 Å². The molecule has 0 fully saturated rings. The molecule has 9 heteroatoms. The minimum absolute atomic E-state index is 0.122. The average Bonchev–Trinajstić information content (AvgIpc) is 3.31. The standard InChI is InChI=1S/C30H27F3N4O2/c1-29(2,3)21-8-4-5-11-24(21)38-27-23(10-7-17-34-27)36-28-37-26-22(9-6-12-25(26)39-28)35-18-19-13-15-20(16-14-19)30(31,32)33/h4-17,35H,18H2,1-3H3,(H,36,37). The summed E-state index contributed by atoms with van der Waals surface area (Å²) in [4.78, 5) is 9.01. The minimum atomic E-state index is -4.36. The summed E-state index contributed by atoms with van der Waals surface area (Å²) in [5, 5.41) is 6.40. The molecule has 3 aromatic carbocycles. The van der Waals surface area contributed by atoms with Crippen LogP contribution in [-0.2, 0) is 18.1 Å². The Bertz CT molecular complexity index is 1590. The molecular formula is C30H27F3N4O2. The SMILES string of the molecule is CC(C)(C)c1ccccc1Oc1ncccc1Nc1nc2c(NCc3ccc(C(F)(F)F)cc3)cccc2o1. The van der Waals surface area contributed by atoms with Crippen molar-refractivity contribution in [3.05, 3.63) is 102 Å². The Morgan fingerprint density at radius 3 is 2.33 bits per heavy atom. The van der Waals surface area contributed by atoms with Gasteiger partial charge >= 0.3 is 6.18 Å². The van der Waals surface area contributed by atoms with Crippen LogP contribution in [-0.4, -0.2) is 9.97 Å². The molecule has 0 aliphatic carbocycles. The van der Waals surface area contributed by atoms with E-state index in [0.29, 0.717) is 46.2 Å². The number of aromatic nitrogens is 2. The van der Waals surface area contributed by atoms with Crippen LogP contribution in [0.3, 0.4) is 0 Å². The van der Waals surface area contributed by atoms with E-state index < -0.39 is 11.7 Å². The molecule has 0 amide bonds. The predicted molar refractivity (Wildman–Crippen MR) is 146 cm³/mol. The van der Waals surface area contributed by atoms with E-state index in [4.69, 9.17) is 9.15 Å². The van der Waals surface area contributed by atoms with Crippen LogP contribution in [0.2, 0.25) is 0 Å². The van der Waals surface area contributed by atoms with Gasteiger partial charge in [-0.05, 0) is 53.4 Å². The Labute approximate surface area is 223 Å². The van der Waals surface area contributed by atoms with Gasteiger partial charge in [0.05, 0.1) is 11.3 Å². The zero-order chi connectivity index (χ0) is 27.6. The highest BCUT2D eigenvalue weighted by molar-refractivity contribution is 5.88. The number of nitrogens with zero attached hydrogens (tertiary/aromatic N) is 2. The van der Waals surface area contributed by atoms with Crippen molar-refractivity contribution in [2.45, 2.75) is 38.9 Å². The third-order valence-electron chi connectivity index (χ3n) is 6.10. The number of alkyl halides is 3. The zero-order valence-electron chi connectivity index (χ0n) is 21.6. The van der Waals surface area contributed by atoms with E-state index in [1.165, 1.54) is 12.1 Å². The number of fused-ring (bicyclic) bond motifs is 1. The van der Waals surface area contributed by atoms with Crippen molar-refractivity contribution in [1.82, 2.24) is 9.97 Å². The van der Waals surface area contributed by atoms with Gasteiger partial charge < -0.3 is 19.8 Å². The molecule has 0 saturated heterocycles. The lowest BCUT2D eigenvalue weighted by atomic mass is 9.86. The van der Waals surface area contributed by atoms with Gasteiger partial charge in [0.25, 0.3) is 6.01 Å². The lowest BCUT2D eigenvalue weighted by Gasteiger charge is -2.22. The summed E-state index contributed by atoms with van der Waals surface area (Å²) in [6, 6.07) is 22.2. The molecule has 39 heavy (non-hydrogen) atoms. The summed E-state index contributed by atoms with van der Waals surface area (Å²) in [5.74, 6) is 1.08. The number of hydrogen-bond acceptors (Lipinski definition) is 6. The molecule has 0 radical (unpaired) electrons. The quantitative estimate of drug-likeness (QED) is 0.218. The van der Waals surface area contributed by atoms with Gasteiger partial charge in [-0.1, -0.05) is 57.2 Å². The normalized spacial score (nSPS) is 11.9. The molecule has 6 nitrogen and oxygen atoms in total. The Kier molecular flexibility index (Phi) is 6.91. The van der Waals surface area contributed by atoms with Crippen molar-refractivity contribution in [1.29, 1.82) is 0 Å². The molecular weight excluding hydrogens is 505 g/mol. The van der Waals surface area contributed by atoms with Crippen molar-refractivity contribution in [3.63, 3.8) is 0 Å². The summed E-state index contributed by atoms with van der Waals surface area (Å²) >= 11 is 0. The molecule has 2 aromatic heterocycles. The second kappa shape index (κ2) is 10.3. The molecule has 200 valence electrons. The van der Waals surface area contributed by atoms with Crippen molar-refractivity contribution in [2.24, 2.45) is 0 Å². The van der Waals surface area contributed by atoms with E-state index in [9.17, 15) is 13.2 Å². The van der Waals surface area contributed by atoms with Gasteiger partial charge in [-0.2, -0.15) is 18.2 Å². The first-order valence-corrected chi connectivity index (χ1v) is 12.4. The Balaban J connectivity index is 1.35. The fraction of sp³-hybridized carbons (Fsp3) is 0.200. The number of anilines is 3. The number of ether oxygens (including phenoxy) is 1. The lowest BCUT2D eigenvalue weighted by Crippen LogP contribution is -2.12. The van der Waals surface area contributed by atoms with Crippen molar-refractivity contribution >= 4 is 28.5 Å². The molecule has 0 aliphatic rings. The third kappa shape index (κ3) is 5.98. The van der Waals surface area contributed by atoms with Crippen LogP contribution in [0, 0.1) is 0 Å². The number of nitrogens with one attached hydrogen (secondary N) is 2. The van der Waals surface area contributed by atoms with E-state index in [2.05, 4.69) is 41.4 Å². The van der Waals surface area contributed by atoms with Crippen LogP contribution >= 0.6 is 0 Å². The third-order valence-corrected chi connectivity index (χ3v) is 6.10. The fourth-order valence-electron chi connectivity index (χ4n) is 4.12. The van der Waals surface area contributed by atoms with Crippen LogP contribution in [0.4, 0.5) is 30.6 Å². The molecule has 5 rings (SSSR count). The molecule has 2 heterocycles. The van der Waals surface area contributed by atoms with Crippen LogP contribution in [0.25, 0.3) is 11.1 Å². The highest BCUT2D eigenvalue weighted by Crippen LogP contribution is 2.37. The molecule has 0 saturated carbocycles. The molecule has 0 unspecified atom stereocenters. The second-order valence-electron chi connectivity index (χ2n) is 10.0. The first-order chi connectivity index (χ1) is 18.6. The fourth-order valence-corrected chi connectivity index (χ4v) is 4.12. The maximum atomic E-state index is 12.9. The molecule has 2 N–H and O–H groups in total. The Morgan fingerprint density at radius 2 is 1.59 bits per heavy atom. The van der Waals surface area contributed by atoms with Gasteiger partial charge in [0.1, 0.15) is 17.0 Å². The van der Waals surface area contributed by atoms with Gasteiger partial charge in [-0.25, -0.2) is 4.98 Å². The number of hydrogen-bond donors (Lipinski definition) is 2. The summed E-state index contributed by atoms with van der Waals surface area (Å²) < 4.78 is 50.7. The van der Waals surface area contributed by atoms with Crippen LogP contribution in [0.1, 0.15) is 37.5 Å². The van der Waals surface area contributed by atoms with Crippen molar-refractivity contribution in [2.75, 3.05) is 10.6 Å². The van der Waals surface area contributed by atoms with E-state index in [1.807, 2.05) is 42.5 Å². The molecule has 0 aliphatic heterocycles. The zero-order valence-corrected chi connectivity index (χ0v) is 21.6. The number of para-hydroxylation sites is 2. The van der Waals surface area contributed by atoms with Crippen LogP contribution in [0.5, 0.6) is 11.6 Å². The minimum Gasteiger partial charge on any atom is -0.437 e. The van der Waals surface area contributed by atoms with Gasteiger partial charge in [0.15, 0.2) is 5.58 Å². The number of rotatable bonds is 7. The maximum absolute atomic E-state index is 12.9. The largest absolute Gasteiger partial charge is 0.437 e. The van der Waals surface area contributed by atoms with Gasteiger partial charge in [0, 0.05) is 18.3 Å². The second-order valence-corrected chi connectivity index (χ2v) is 10.0. The molecule has 5 aromatic rings. The first kappa shape index (κ1) is 26.1. The van der Waals surface area contributed by atoms with Crippen LogP contribution < -0.4 is 15.4 Å². The average molecular weight is 533 g/mol. The highest BCUT2D eigenvalue weighted by atomic mass is 19.4. The van der Waals surface area contributed by atoms with E-state index in [0.717, 1.165) is 17.7 Å². The first-order valence-electron chi connectivity index (χ1n) is 12.4. The van der Waals surface area contributed by atoms with Crippen molar-refractivity contribution < 1.29 is 22.3 Å². The number of oxazole rings is 1. The van der Waals surface area contributed by atoms with E-state index in [1.54, 1.807) is 18.3 Å². The van der Waals surface area contributed by atoms with Crippen molar-refractivity contribution in [3.8, 4) is 11.6 Å². The lowest BCUT2D eigenvalue weighted by molar-refractivity contribution is -0.137. The monoisotopic (exact) mass is 532 g/mol. The summed E-state index contributed by atoms with van der Waals surface area (Å²) in [5.41, 5.74) is 3.33. The molecule has 0 spiro atoms. The summed E-state index contributed by atoms with van der Waals surface area (Å²) in [6.45, 7) is 6.68. The number of halogens is 3. The van der Waals surface area contributed by atoms with E-state index in [-0.39, 0.29) is 11.4 Å². The summed E-state index contributed by atoms with van der Waals surface area (Å²) in [6.07, 6.45) is -2.72. The number of benzene rings is 3. The molecule has 0 atom stereocenters. The smallest absolute Gasteiger partial charge is 0.416 e. The molecule has 0 bridgehead atoms. The van der Waals surface area contributed by atoms with Crippen LogP contribution in [0.15, 0.2) is 89.5 Å². The summed E-state index contributed by atoms with van der Waals surface area (Å²) in [7, 11) is 0.